The molecule has 2 aromatic rings. The van der Waals surface area contributed by atoms with E-state index in [-0.39, 0.29) is 0 Å². The zero-order valence-electron chi connectivity index (χ0n) is 13.7. The standard InChI is InChI=1S/C19H24N2OS/c1-3-20-15(2)14-22-18-11-9-16(10-12-18)13-19(23)21-17-7-5-4-6-8-17/h4-12,15,20H,3,13-14H2,1-2H3,(H,21,23). The van der Waals surface area contributed by atoms with E-state index in [1.165, 1.54) is 5.56 Å². The van der Waals surface area contributed by atoms with E-state index in [1.54, 1.807) is 0 Å². The summed E-state index contributed by atoms with van der Waals surface area (Å²) in [6.07, 6.45) is 0.721. The number of benzene rings is 2. The van der Waals surface area contributed by atoms with Crippen molar-refractivity contribution in [3.8, 4) is 5.75 Å². The van der Waals surface area contributed by atoms with Gasteiger partial charge in [-0.15, -0.1) is 0 Å². The Hall–Kier alpha value is -1.91. The highest BCUT2D eigenvalue weighted by atomic mass is 32.1. The van der Waals surface area contributed by atoms with Crippen molar-refractivity contribution >= 4 is 22.9 Å². The molecule has 0 amide bonds. The molecule has 0 aliphatic rings. The van der Waals surface area contributed by atoms with Gasteiger partial charge in [0.05, 0.1) is 4.99 Å². The molecule has 0 fully saturated rings. The van der Waals surface area contributed by atoms with Crippen LogP contribution in [0, 0.1) is 0 Å². The van der Waals surface area contributed by atoms with Crippen LogP contribution >= 0.6 is 12.2 Å². The van der Waals surface area contributed by atoms with Gasteiger partial charge in [-0.1, -0.05) is 49.5 Å². The van der Waals surface area contributed by atoms with Crippen LogP contribution < -0.4 is 15.4 Å². The summed E-state index contributed by atoms with van der Waals surface area (Å²) in [5.41, 5.74) is 2.19. The molecule has 2 rings (SSSR count). The van der Waals surface area contributed by atoms with E-state index >= 15 is 0 Å². The van der Waals surface area contributed by atoms with Gasteiger partial charge >= 0.3 is 0 Å². The highest BCUT2D eigenvalue weighted by Gasteiger charge is 2.03. The van der Waals surface area contributed by atoms with Crippen molar-refractivity contribution in [1.82, 2.24) is 5.32 Å². The van der Waals surface area contributed by atoms with Gasteiger partial charge in [-0.25, -0.2) is 0 Å². The molecule has 0 radical (unpaired) electrons. The van der Waals surface area contributed by atoms with E-state index in [2.05, 4.69) is 36.6 Å². The maximum Gasteiger partial charge on any atom is 0.119 e. The molecule has 23 heavy (non-hydrogen) atoms. The summed E-state index contributed by atoms with van der Waals surface area (Å²) >= 11 is 5.41. The van der Waals surface area contributed by atoms with Crippen LogP contribution in [0.1, 0.15) is 19.4 Å². The Morgan fingerprint density at radius 1 is 1.09 bits per heavy atom. The lowest BCUT2D eigenvalue weighted by Gasteiger charge is -2.14. The SMILES string of the molecule is CCNC(C)COc1ccc(CC(=S)Nc2ccccc2)cc1. The number of nitrogens with one attached hydrogen (secondary N) is 2. The molecule has 1 atom stereocenters. The predicted molar refractivity (Wildman–Crippen MR) is 101 cm³/mol. The Morgan fingerprint density at radius 3 is 2.43 bits per heavy atom. The van der Waals surface area contributed by atoms with Crippen LogP contribution in [0.15, 0.2) is 54.6 Å². The van der Waals surface area contributed by atoms with Gasteiger partial charge < -0.3 is 15.4 Å². The van der Waals surface area contributed by atoms with E-state index in [9.17, 15) is 0 Å². The minimum atomic E-state index is 0.349. The Labute approximate surface area is 144 Å². The summed E-state index contributed by atoms with van der Waals surface area (Å²) < 4.78 is 5.76. The molecule has 2 aromatic carbocycles. The number of hydrogen-bond acceptors (Lipinski definition) is 3. The number of hydrogen-bond donors (Lipinski definition) is 2. The van der Waals surface area contributed by atoms with Crippen LogP contribution in [-0.4, -0.2) is 24.2 Å². The second-order valence-corrected chi connectivity index (χ2v) is 6.00. The molecule has 0 aliphatic heterocycles. The lowest BCUT2D eigenvalue weighted by Crippen LogP contribution is -2.31. The van der Waals surface area contributed by atoms with Crippen molar-refractivity contribution in [2.24, 2.45) is 0 Å². The molecule has 0 heterocycles. The van der Waals surface area contributed by atoms with E-state index in [1.807, 2.05) is 42.5 Å². The fraction of sp³-hybridized carbons (Fsp3) is 0.316. The average Bonchev–Trinajstić information content (AvgIpc) is 2.55. The minimum absolute atomic E-state index is 0.349. The van der Waals surface area contributed by atoms with Crippen LogP contribution in [-0.2, 0) is 6.42 Å². The van der Waals surface area contributed by atoms with Gasteiger partial charge in [0, 0.05) is 18.2 Å². The minimum Gasteiger partial charge on any atom is -0.492 e. The van der Waals surface area contributed by atoms with Gasteiger partial charge in [-0.3, -0.25) is 0 Å². The van der Waals surface area contributed by atoms with E-state index in [0.717, 1.165) is 29.4 Å². The molecule has 0 aliphatic carbocycles. The molecule has 122 valence electrons. The molecule has 0 saturated heterocycles. The second-order valence-electron chi connectivity index (χ2n) is 5.50. The summed E-state index contributed by atoms with van der Waals surface area (Å²) in [7, 11) is 0. The van der Waals surface area contributed by atoms with Gasteiger partial charge in [-0.2, -0.15) is 0 Å². The highest BCUT2D eigenvalue weighted by Crippen LogP contribution is 2.14. The van der Waals surface area contributed by atoms with E-state index in [4.69, 9.17) is 17.0 Å². The Morgan fingerprint density at radius 2 is 1.78 bits per heavy atom. The first kappa shape index (κ1) is 17.4. The number of para-hydroxylation sites is 1. The monoisotopic (exact) mass is 328 g/mol. The molecule has 3 nitrogen and oxygen atoms in total. The fourth-order valence-electron chi connectivity index (χ4n) is 2.24. The molecular formula is C19H24N2OS. The van der Waals surface area contributed by atoms with Gasteiger partial charge in [0.2, 0.25) is 0 Å². The first-order chi connectivity index (χ1) is 11.2. The maximum absolute atomic E-state index is 5.76. The zero-order valence-corrected chi connectivity index (χ0v) is 14.5. The second kappa shape index (κ2) is 9.28. The van der Waals surface area contributed by atoms with Crippen LogP contribution in [0.2, 0.25) is 0 Å². The smallest absolute Gasteiger partial charge is 0.119 e. The van der Waals surface area contributed by atoms with E-state index < -0.39 is 0 Å². The lowest BCUT2D eigenvalue weighted by molar-refractivity contribution is 0.275. The van der Waals surface area contributed by atoms with Crippen LogP contribution in [0.25, 0.3) is 0 Å². The summed E-state index contributed by atoms with van der Waals surface area (Å²) in [6.45, 7) is 5.83. The molecular weight excluding hydrogens is 304 g/mol. The molecule has 4 heteroatoms. The van der Waals surface area contributed by atoms with Gasteiger partial charge in [-0.05, 0) is 43.3 Å². The summed E-state index contributed by atoms with van der Waals surface area (Å²) in [5, 5.41) is 6.58. The molecule has 1 unspecified atom stereocenters. The van der Waals surface area contributed by atoms with Crippen molar-refractivity contribution in [3.05, 3.63) is 60.2 Å². The van der Waals surface area contributed by atoms with Crippen molar-refractivity contribution < 1.29 is 4.74 Å². The van der Waals surface area contributed by atoms with E-state index in [0.29, 0.717) is 12.6 Å². The molecule has 0 bridgehead atoms. The summed E-state index contributed by atoms with van der Waals surface area (Å²) in [5.74, 6) is 0.889. The molecule has 0 spiro atoms. The molecule has 0 aromatic heterocycles. The Kier molecular flexibility index (Phi) is 7.04. The lowest BCUT2D eigenvalue weighted by atomic mass is 10.1. The third-order valence-electron chi connectivity index (χ3n) is 3.40. The van der Waals surface area contributed by atoms with Crippen LogP contribution in [0.5, 0.6) is 5.75 Å². The first-order valence-electron chi connectivity index (χ1n) is 7.97. The number of anilines is 1. The average molecular weight is 328 g/mol. The zero-order chi connectivity index (χ0) is 16.5. The van der Waals surface area contributed by atoms with Gasteiger partial charge in [0.1, 0.15) is 12.4 Å². The normalized spacial score (nSPS) is 11.7. The highest BCUT2D eigenvalue weighted by molar-refractivity contribution is 7.80. The van der Waals surface area contributed by atoms with Crippen molar-refractivity contribution in [1.29, 1.82) is 0 Å². The third kappa shape index (κ3) is 6.38. The fourth-order valence-corrected chi connectivity index (χ4v) is 2.53. The van der Waals surface area contributed by atoms with Crippen molar-refractivity contribution in [3.63, 3.8) is 0 Å². The van der Waals surface area contributed by atoms with Crippen LogP contribution in [0.4, 0.5) is 5.69 Å². The summed E-state index contributed by atoms with van der Waals surface area (Å²) in [4.78, 5) is 0.811. The number of thiocarbonyl (C=S) groups is 1. The first-order valence-corrected chi connectivity index (χ1v) is 8.38. The molecule has 2 N–H and O–H groups in total. The topological polar surface area (TPSA) is 33.3 Å². The predicted octanol–water partition coefficient (Wildman–Crippen LogP) is 4.05. The van der Waals surface area contributed by atoms with Crippen LogP contribution in [0.3, 0.4) is 0 Å². The Balaban J connectivity index is 1.81. The van der Waals surface area contributed by atoms with Crippen molar-refractivity contribution in [2.75, 3.05) is 18.5 Å². The third-order valence-corrected chi connectivity index (χ3v) is 3.64. The van der Waals surface area contributed by atoms with Crippen molar-refractivity contribution in [2.45, 2.75) is 26.3 Å². The quantitative estimate of drug-likeness (QED) is 0.716. The number of rotatable bonds is 8. The maximum atomic E-state index is 5.76. The van der Waals surface area contributed by atoms with Gasteiger partial charge in [0.25, 0.3) is 0 Å². The Bertz CT molecular complexity index is 599. The number of likely N-dealkylation sites (N-methyl/N-ethyl adjacent to an activating group) is 1. The molecule has 0 saturated carbocycles. The largest absolute Gasteiger partial charge is 0.492 e. The summed E-state index contributed by atoms with van der Waals surface area (Å²) in [6, 6.07) is 18.5. The van der Waals surface area contributed by atoms with Gasteiger partial charge in [0.15, 0.2) is 0 Å². The number of ether oxygens (including phenoxy) is 1.